The smallest absolute Gasteiger partial charge is 0.328 e. The van der Waals surface area contributed by atoms with Crippen LogP contribution in [-0.2, 0) is 4.79 Å². The Morgan fingerprint density at radius 1 is 1.42 bits per heavy atom. The summed E-state index contributed by atoms with van der Waals surface area (Å²) in [5, 5.41) is 8.77. The highest BCUT2D eigenvalue weighted by Gasteiger charge is 2.30. The monoisotopic (exact) mass is 259 g/mol. The second-order valence-electron chi connectivity index (χ2n) is 5.51. The molecule has 3 heteroatoms. The van der Waals surface area contributed by atoms with Crippen LogP contribution in [0.3, 0.4) is 0 Å². The van der Waals surface area contributed by atoms with Gasteiger partial charge in [-0.3, -0.25) is 0 Å². The maximum atomic E-state index is 10.7. The molecule has 0 spiro atoms. The number of aliphatic carboxylic acids is 1. The summed E-state index contributed by atoms with van der Waals surface area (Å²) in [5.74, 6) is -0.311. The molecule has 1 aliphatic rings. The van der Waals surface area contributed by atoms with Crippen LogP contribution in [0.2, 0.25) is 0 Å². The summed E-state index contributed by atoms with van der Waals surface area (Å²) < 4.78 is 0. The second kappa shape index (κ2) is 5.91. The van der Waals surface area contributed by atoms with Crippen LogP contribution >= 0.6 is 0 Å². The Kier molecular flexibility index (Phi) is 4.25. The van der Waals surface area contributed by atoms with Gasteiger partial charge < -0.3 is 10.0 Å². The Balaban J connectivity index is 2.28. The molecule has 1 N–H and O–H groups in total. The average molecular weight is 259 g/mol. The molecule has 0 heterocycles. The highest BCUT2D eigenvalue weighted by molar-refractivity contribution is 5.87. The molecule has 1 fully saturated rings. The van der Waals surface area contributed by atoms with Crippen molar-refractivity contribution in [3.8, 4) is 0 Å². The zero-order valence-electron chi connectivity index (χ0n) is 11.5. The van der Waals surface area contributed by atoms with Crippen LogP contribution in [0, 0.1) is 5.92 Å². The van der Waals surface area contributed by atoms with Crippen LogP contribution in [0.5, 0.6) is 0 Å². The van der Waals surface area contributed by atoms with E-state index in [0.717, 1.165) is 17.8 Å². The Morgan fingerprint density at radius 2 is 2.11 bits per heavy atom. The summed E-state index contributed by atoms with van der Waals surface area (Å²) in [7, 11) is 0. The molecule has 0 unspecified atom stereocenters. The molecule has 1 saturated carbocycles. The molecule has 0 saturated heterocycles. The Bertz CT molecular complexity index is 475. The number of nitrogens with zero attached hydrogens (tertiary/aromatic N) is 1. The molecule has 0 atom stereocenters. The average Bonchev–Trinajstić information content (AvgIpc) is 3.18. The quantitative estimate of drug-likeness (QED) is 0.796. The van der Waals surface area contributed by atoms with Gasteiger partial charge in [-0.2, -0.15) is 0 Å². The first-order valence-electron chi connectivity index (χ1n) is 6.84. The number of anilines is 1. The van der Waals surface area contributed by atoms with E-state index in [4.69, 9.17) is 5.11 Å². The fourth-order valence-electron chi connectivity index (χ4n) is 2.27. The van der Waals surface area contributed by atoms with Gasteiger partial charge in [0, 0.05) is 24.4 Å². The Hall–Kier alpha value is -1.77. The van der Waals surface area contributed by atoms with E-state index >= 15 is 0 Å². The highest BCUT2D eigenvalue weighted by atomic mass is 16.4. The Morgan fingerprint density at radius 3 is 2.68 bits per heavy atom. The van der Waals surface area contributed by atoms with Gasteiger partial charge >= 0.3 is 5.97 Å². The molecule has 0 aromatic heterocycles. The van der Waals surface area contributed by atoms with Crippen molar-refractivity contribution in [2.75, 3.05) is 11.4 Å². The first kappa shape index (κ1) is 13.7. The fourth-order valence-corrected chi connectivity index (χ4v) is 2.27. The molecule has 0 amide bonds. The minimum Gasteiger partial charge on any atom is -0.478 e. The van der Waals surface area contributed by atoms with E-state index < -0.39 is 5.97 Å². The molecular weight excluding hydrogens is 238 g/mol. The minimum atomic E-state index is -0.906. The van der Waals surface area contributed by atoms with E-state index in [-0.39, 0.29) is 0 Å². The lowest BCUT2D eigenvalue weighted by Gasteiger charge is -2.28. The van der Waals surface area contributed by atoms with Crippen molar-refractivity contribution >= 4 is 17.7 Å². The molecule has 19 heavy (non-hydrogen) atoms. The van der Waals surface area contributed by atoms with Gasteiger partial charge in [0.15, 0.2) is 0 Å². The van der Waals surface area contributed by atoms with Crippen LogP contribution in [0.25, 0.3) is 6.08 Å². The first-order valence-corrected chi connectivity index (χ1v) is 6.84. The fraction of sp³-hybridized carbons (Fsp3) is 0.438. The van der Waals surface area contributed by atoms with Gasteiger partial charge in [0.1, 0.15) is 0 Å². The van der Waals surface area contributed by atoms with Gasteiger partial charge in [0.05, 0.1) is 0 Å². The topological polar surface area (TPSA) is 40.5 Å². The maximum absolute atomic E-state index is 10.7. The van der Waals surface area contributed by atoms with Crippen LogP contribution < -0.4 is 4.90 Å². The minimum absolute atomic E-state index is 0.595. The number of para-hydroxylation sites is 1. The van der Waals surface area contributed by atoms with Gasteiger partial charge in [0.25, 0.3) is 0 Å². The van der Waals surface area contributed by atoms with E-state index in [1.807, 2.05) is 18.2 Å². The van der Waals surface area contributed by atoms with Gasteiger partial charge in [-0.1, -0.05) is 32.0 Å². The number of carbonyl (C=O) groups is 1. The van der Waals surface area contributed by atoms with E-state index in [1.54, 1.807) is 6.08 Å². The van der Waals surface area contributed by atoms with Crippen molar-refractivity contribution in [2.45, 2.75) is 32.7 Å². The summed E-state index contributed by atoms with van der Waals surface area (Å²) >= 11 is 0. The number of carboxylic acid groups (broad SMARTS) is 1. The standard InChI is InChI=1S/C16H21NO2/c1-12(2)11-17(14-8-9-14)15-6-4-3-5-13(15)7-10-16(18)19/h3-7,10,12,14H,8-9,11H2,1-2H3,(H,18,19). The molecule has 0 bridgehead atoms. The molecule has 0 aliphatic heterocycles. The molecule has 1 aromatic rings. The van der Waals surface area contributed by atoms with Crippen molar-refractivity contribution < 1.29 is 9.90 Å². The van der Waals surface area contributed by atoms with Gasteiger partial charge in [0.2, 0.25) is 0 Å². The van der Waals surface area contributed by atoms with Crippen molar-refractivity contribution in [1.29, 1.82) is 0 Å². The zero-order chi connectivity index (χ0) is 13.8. The normalized spacial score (nSPS) is 15.1. The summed E-state index contributed by atoms with van der Waals surface area (Å²) in [4.78, 5) is 13.1. The lowest BCUT2D eigenvalue weighted by molar-refractivity contribution is -0.131. The van der Waals surface area contributed by atoms with E-state index in [1.165, 1.54) is 18.9 Å². The predicted octanol–water partition coefficient (Wildman–Crippen LogP) is 3.41. The third-order valence-corrected chi connectivity index (χ3v) is 3.20. The molecule has 1 aliphatic carbocycles. The van der Waals surface area contributed by atoms with Crippen LogP contribution in [0.1, 0.15) is 32.3 Å². The second-order valence-corrected chi connectivity index (χ2v) is 5.51. The van der Waals surface area contributed by atoms with Crippen molar-refractivity contribution in [3.05, 3.63) is 35.9 Å². The van der Waals surface area contributed by atoms with E-state index in [2.05, 4.69) is 24.8 Å². The predicted molar refractivity (Wildman–Crippen MR) is 78.3 cm³/mol. The van der Waals surface area contributed by atoms with Crippen molar-refractivity contribution in [3.63, 3.8) is 0 Å². The SMILES string of the molecule is CC(C)CN(c1ccccc1C=CC(=O)O)C1CC1. The number of hydrogen-bond donors (Lipinski definition) is 1. The number of carboxylic acids is 1. The number of hydrogen-bond acceptors (Lipinski definition) is 2. The maximum Gasteiger partial charge on any atom is 0.328 e. The summed E-state index contributed by atoms with van der Waals surface area (Å²) in [6.07, 6.45) is 5.38. The van der Waals surface area contributed by atoms with Crippen LogP contribution in [-0.4, -0.2) is 23.7 Å². The highest BCUT2D eigenvalue weighted by Crippen LogP contribution is 2.34. The largest absolute Gasteiger partial charge is 0.478 e. The number of rotatable bonds is 6. The lowest BCUT2D eigenvalue weighted by atomic mass is 10.1. The van der Waals surface area contributed by atoms with E-state index in [9.17, 15) is 4.79 Å². The molecule has 102 valence electrons. The molecule has 3 nitrogen and oxygen atoms in total. The van der Waals surface area contributed by atoms with Gasteiger partial charge in [-0.05, 0) is 36.5 Å². The van der Waals surface area contributed by atoms with Gasteiger partial charge in [-0.25, -0.2) is 4.79 Å². The summed E-state index contributed by atoms with van der Waals surface area (Å²) in [6.45, 7) is 5.44. The molecule has 2 rings (SSSR count). The lowest BCUT2D eigenvalue weighted by Crippen LogP contribution is -2.30. The Labute approximate surface area is 114 Å². The third kappa shape index (κ3) is 3.85. The molecular formula is C16H21NO2. The number of benzene rings is 1. The van der Waals surface area contributed by atoms with Crippen molar-refractivity contribution in [1.82, 2.24) is 0 Å². The molecule has 0 radical (unpaired) electrons. The van der Waals surface area contributed by atoms with E-state index in [0.29, 0.717) is 12.0 Å². The summed E-state index contributed by atoms with van der Waals surface area (Å²) in [5.41, 5.74) is 2.13. The third-order valence-electron chi connectivity index (χ3n) is 3.20. The summed E-state index contributed by atoms with van der Waals surface area (Å²) in [6, 6.07) is 8.66. The molecule has 1 aromatic carbocycles. The van der Waals surface area contributed by atoms with Gasteiger partial charge in [-0.15, -0.1) is 0 Å². The zero-order valence-corrected chi connectivity index (χ0v) is 11.5. The van der Waals surface area contributed by atoms with Crippen LogP contribution in [0.15, 0.2) is 30.3 Å². The van der Waals surface area contributed by atoms with Crippen molar-refractivity contribution in [2.24, 2.45) is 5.92 Å². The first-order chi connectivity index (χ1) is 9.08. The van der Waals surface area contributed by atoms with Crippen LogP contribution in [0.4, 0.5) is 5.69 Å².